The van der Waals surface area contributed by atoms with Crippen LogP contribution in [-0.2, 0) is 4.79 Å². The summed E-state index contributed by atoms with van der Waals surface area (Å²) in [6.45, 7) is 5.88. The Morgan fingerprint density at radius 1 is 1.40 bits per heavy atom. The molecule has 0 bridgehead atoms. The fraction of sp³-hybridized carbons (Fsp3) is 0.857. The Morgan fingerprint density at radius 3 is 2.55 bits per heavy atom. The van der Waals surface area contributed by atoms with Crippen molar-refractivity contribution in [2.45, 2.75) is 32.7 Å². The van der Waals surface area contributed by atoms with Gasteiger partial charge in [0.15, 0.2) is 0 Å². The highest BCUT2D eigenvalue weighted by molar-refractivity contribution is 5.76. The van der Waals surface area contributed by atoms with Crippen molar-refractivity contribution in [3.63, 3.8) is 0 Å². The van der Waals surface area contributed by atoms with Crippen LogP contribution in [-0.4, -0.2) is 66.7 Å². The molecular weight excluding hydrogens is 258 g/mol. The van der Waals surface area contributed by atoms with E-state index in [2.05, 4.69) is 19.2 Å². The van der Waals surface area contributed by atoms with Gasteiger partial charge >= 0.3 is 12.0 Å². The summed E-state index contributed by atoms with van der Waals surface area (Å²) in [5, 5.41) is 12.1. The highest BCUT2D eigenvalue weighted by Crippen LogP contribution is 2.17. The Labute approximate surface area is 121 Å². The summed E-state index contributed by atoms with van der Waals surface area (Å²) in [5.41, 5.74) is 0. The number of hydrogen-bond donors (Lipinski definition) is 2. The number of carbonyl (C=O) groups excluding carboxylic acids is 1. The van der Waals surface area contributed by atoms with Gasteiger partial charge in [0, 0.05) is 25.7 Å². The van der Waals surface area contributed by atoms with Gasteiger partial charge in [-0.1, -0.05) is 13.8 Å². The number of nitrogens with one attached hydrogen (secondary N) is 1. The van der Waals surface area contributed by atoms with E-state index in [0.29, 0.717) is 25.4 Å². The van der Waals surface area contributed by atoms with Crippen LogP contribution in [0.1, 0.15) is 26.7 Å². The number of urea groups is 1. The predicted molar refractivity (Wildman–Crippen MR) is 77.6 cm³/mol. The minimum absolute atomic E-state index is 0.0719. The van der Waals surface area contributed by atoms with Gasteiger partial charge in [-0.25, -0.2) is 4.79 Å². The maximum atomic E-state index is 12.3. The topological polar surface area (TPSA) is 72.9 Å². The summed E-state index contributed by atoms with van der Waals surface area (Å²) < 4.78 is 0. The van der Waals surface area contributed by atoms with E-state index < -0.39 is 11.9 Å². The van der Waals surface area contributed by atoms with Crippen LogP contribution in [0, 0.1) is 11.8 Å². The number of piperidine rings is 1. The Balaban J connectivity index is 2.57. The molecular formula is C14H27N3O3. The smallest absolute Gasteiger partial charge is 0.317 e. The lowest BCUT2D eigenvalue weighted by Gasteiger charge is -2.33. The summed E-state index contributed by atoms with van der Waals surface area (Å²) in [6, 6.07) is -0.0702. The molecule has 1 unspecified atom stereocenters. The Hall–Kier alpha value is -1.30. The van der Waals surface area contributed by atoms with Crippen molar-refractivity contribution in [2.24, 2.45) is 11.8 Å². The van der Waals surface area contributed by atoms with Crippen LogP contribution in [0.2, 0.25) is 0 Å². The molecule has 116 valence electrons. The third-order valence-electron chi connectivity index (χ3n) is 3.73. The molecule has 0 radical (unpaired) electrons. The summed E-state index contributed by atoms with van der Waals surface area (Å²) in [5.74, 6) is -0.904. The van der Waals surface area contributed by atoms with Crippen LogP contribution in [0.25, 0.3) is 0 Å². The Morgan fingerprint density at radius 2 is 2.05 bits per heavy atom. The van der Waals surface area contributed by atoms with Crippen molar-refractivity contribution in [2.75, 3.05) is 33.7 Å². The molecule has 1 rings (SSSR count). The molecule has 6 nitrogen and oxygen atoms in total. The molecule has 1 aliphatic heterocycles. The van der Waals surface area contributed by atoms with Gasteiger partial charge in [-0.05, 0) is 32.9 Å². The SMILES string of the molecule is CC(C)C(CN(C)C)NC(=O)N1CCC[C@H](C(=O)O)C1. The number of likely N-dealkylation sites (tertiary alicyclic amines) is 1. The van der Waals surface area contributed by atoms with Crippen LogP contribution >= 0.6 is 0 Å². The van der Waals surface area contributed by atoms with E-state index in [1.807, 2.05) is 19.0 Å². The van der Waals surface area contributed by atoms with E-state index in [9.17, 15) is 9.59 Å². The molecule has 1 saturated heterocycles. The van der Waals surface area contributed by atoms with Crippen molar-refractivity contribution in [1.29, 1.82) is 0 Å². The van der Waals surface area contributed by atoms with Crippen molar-refractivity contribution < 1.29 is 14.7 Å². The second-order valence-corrected chi connectivity index (χ2v) is 6.19. The van der Waals surface area contributed by atoms with Crippen LogP contribution in [0.3, 0.4) is 0 Å². The number of carboxylic acids is 1. The number of carbonyl (C=O) groups is 2. The molecule has 0 saturated carbocycles. The molecule has 0 aromatic carbocycles. The zero-order chi connectivity index (χ0) is 15.3. The van der Waals surface area contributed by atoms with E-state index >= 15 is 0 Å². The molecule has 1 aliphatic rings. The van der Waals surface area contributed by atoms with Gasteiger partial charge in [0.1, 0.15) is 0 Å². The average molecular weight is 285 g/mol. The largest absolute Gasteiger partial charge is 0.481 e. The maximum absolute atomic E-state index is 12.3. The number of carboxylic acid groups (broad SMARTS) is 1. The number of rotatable bonds is 5. The number of hydrogen-bond acceptors (Lipinski definition) is 3. The van der Waals surface area contributed by atoms with Crippen molar-refractivity contribution in [1.82, 2.24) is 15.1 Å². The highest BCUT2D eigenvalue weighted by atomic mass is 16.4. The fourth-order valence-corrected chi connectivity index (χ4v) is 2.43. The monoisotopic (exact) mass is 285 g/mol. The number of aliphatic carboxylic acids is 1. The van der Waals surface area contributed by atoms with E-state index in [-0.39, 0.29) is 12.1 Å². The molecule has 2 N–H and O–H groups in total. The minimum atomic E-state index is -0.809. The van der Waals surface area contributed by atoms with Gasteiger partial charge in [-0.2, -0.15) is 0 Å². The van der Waals surface area contributed by atoms with E-state index in [1.54, 1.807) is 4.90 Å². The quantitative estimate of drug-likeness (QED) is 0.793. The summed E-state index contributed by atoms with van der Waals surface area (Å²) in [4.78, 5) is 27.0. The lowest BCUT2D eigenvalue weighted by atomic mass is 9.98. The van der Waals surface area contributed by atoms with Crippen LogP contribution in [0.15, 0.2) is 0 Å². The van der Waals surface area contributed by atoms with Gasteiger partial charge in [-0.15, -0.1) is 0 Å². The molecule has 2 atom stereocenters. The zero-order valence-corrected chi connectivity index (χ0v) is 12.9. The van der Waals surface area contributed by atoms with E-state index in [4.69, 9.17) is 5.11 Å². The second-order valence-electron chi connectivity index (χ2n) is 6.19. The third kappa shape index (κ3) is 5.00. The zero-order valence-electron chi connectivity index (χ0n) is 12.9. The second kappa shape index (κ2) is 7.47. The normalized spacial score (nSPS) is 21.1. The van der Waals surface area contributed by atoms with E-state index in [0.717, 1.165) is 13.0 Å². The highest BCUT2D eigenvalue weighted by Gasteiger charge is 2.29. The van der Waals surface area contributed by atoms with Gasteiger partial charge in [0.25, 0.3) is 0 Å². The van der Waals surface area contributed by atoms with Crippen LogP contribution in [0.4, 0.5) is 4.79 Å². The molecule has 0 aromatic heterocycles. The molecule has 0 aliphatic carbocycles. The van der Waals surface area contributed by atoms with Gasteiger partial charge in [-0.3, -0.25) is 4.79 Å². The summed E-state index contributed by atoms with van der Waals surface area (Å²) in [6.07, 6.45) is 1.41. The average Bonchev–Trinajstić information content (AvgIpc) is 2.37. The summed E-state index contributed by atoms with van der Waals surface area (Å²) in [7, 11) is 3.95. The molecule has 20 heavy (non-hydrogen) atoms. The van der Waals surface area contributed by atoms with Crippen molar-refractivity contribution in [3.8, 4) is 0 Å². The third-order valence-corrected chi connectivity index (χ3v) is 3.73. The van der Waals surface area contributed by atoms with E-state index in [1.165, 1.54) is 0 Å². The number of nitrogens with zero attached hydrogens (tertiary/aromatic N) is 2. The van der Waals surface area contributed by atoms with Crippen LogP contribution < -0.4 is 5.32 Å². The van der Waals surface area contributed by atoms with Gasteiger partial charge in [0.05, 0.1) is 5.92 Å². The molecule has 1 heterocycles. The minimum Gasteiger partial charge on any atom is -0.481 e. The first-order chi connectivity index (χ1) is 9.31. The number of likely N-dealkylation sites (N-methyl/N-ethyl adjacent to an activating group) is 1. The van der Waals surface area contributed by atoms with Gasteiger partial charge in [0.2, 0.25) is 0 Å². The number of amides is 2. The summed E-state index contributed by atoms with van der Waals surface area (Å²) >= 11 is 0. The first-order valence-corrected chi connectivity index (χ1v) is 7.24. The molecule has 1 fully saturated rings. The first kappa shape index (κ1) is 16.8. The Bertz CT molecular complexity index is 345. The lowest BCUT2D eigenvalue weighted by Crippen LogP contribution is -2.53. The predicted octanol–water partition coefficient (Wildman–Crippen LogP) is 1.08. The fourth-order valence-electron chi connectivity index (χ4n) is 2.43. The maximum Gasteiger partial charge on any atom is 0.317 e. The first-order valence-electron chi connectivity index (χ1n) is 7.24. The Kier molecular flexibility index (Phi) is 6.26. The van der Waals surface area contributed by atoms with Crippen molar-refractivity contribution in [3.05, 3.63) is 0 Å². The van der Waals surface area contributed by atoms with Crippen LogP contribution in [0.5, 0.6) is 0 Å². The molecule has 0 spiro atoms. The molecule has 2 amide bonds. The lowest BCUT2D eigenvalue weighted by molar-refractivity contribution is -0.143. The molecule has 0 aromatic rings. The van der Waals surface area contributed by atoms with Gasteiger partial charge < -0.3 is 20.2 Å². The van der Waals surface area contributed by atoms with Crippen molar-refractivity contribution >= 4 is 12.0 Å². The standard InChI is InChI=1S/C14H27N3O3/c1-10(2)12(9-16(3)4)15-14(20)17-7-5-6-11(8-17)13(18)19/h10-12H,5-9H2,1-4H3,(H,15,20)(H,18,19)/t11-,12?/m0/s1. The molecule has 6 heteroatoms.